The Hall–Kier alpha value is -0.910. The Balaban J connectivity index is 1.79. The van der Waals surface area contributed by atoms with E-state index in [1.54, 1.807) is 22.7 Å². The second kappa shape index (κ2) is 4.76. The van der Waals surface area contributed by atoms with Crippen molar-refractivity contribution in [3.05, 3.63) is 33.5 Å². The molecule has 1 aliphatic carbocycles. The van der Waals surface area contributed by atoms with Crippen LogP contribution in [0.25, 0.3) is 0 Å². The fraction of sp³-hybridized carbons (Fsp3) is 0.417. The molecule has 1 saturated carbocycles. The molecule has 2 aromatic rings. The van der Waals surface area contributed by atoms with Crippen LogP contribution in [0.3, 0.4) is 0 Å². The van der Waals surface area contributed by atoms with Gasteiger partial charge >= 0.3 is 0 Å². The lowest BCUT2D eigenvalue weighted by Gasteiger charge is -2.20. The second-order valence-corrected chi connectivity index (χ2v) is 5.93. The maximum absolute atomic E-state index is 5.62. The van der Waals surface area contributed by atoms with E-state index in [4.69, 9.17) is 5.73 Å². The Morgan fingerprint density at radius 2 is 2.29 bits per heavy atom. The first-order valence-corrected chi connectivity index (χ1v) is 7.61. The number of rotatable bonds is 5. The van der Waals surface area contributed by atoms with Crippen molar-refractivity contribution in [1.29, 1.82) is 0 Å². The van der Waals surface area contributed by atoms with Gasteiger partial charge in [-0.15, -0.1) is 11.3 Å². The highest BCUT2D eigenvalue weighted by atomic mass is 32.1. The van der Waals surface area contributed by atoms with Crippen LogP contribution in [0.2, 0.25) is 0 Å². The Morgan fingerprint density at radius 1 is 1.41 bits per heavy atom. The van der Waals surface area contributed by atoms with Crippen LogP contribution in [0.15, 0.2) is 22.2 Å². The van der Waals surface area contributed by atoms with E-state index in [1.807, 2.05) is 0 Å². The zero-order valence-electron chi connectivity index (χ0n) is 9.50. The van der Waals surface area contributed by atoms with Gasteiger partial charge in [-0.05, 0) is 35.2 Å². The zero-order valence-corrected chi connectivity index (χ0v) is 11.1. The lowest BCUT2D eigenvalue weighted by molar-refractivity contribution is 0.787. The standard InChI is InChI=1S/C12H15N3S2/c13-5-10-8-17-12(14-10)15(11-1-2-11)6-9-3-4-16-7-9/h3-4,7-8,11H,1-2,5-6,13H2. The predicted octanol–water partition coefficient (Wildman–Crippen LogP) is 2.83. The third kappa shape index (κ3) is 2.51. The maximum Gasteiger partial charge on any atom is 0.186 e. The molecule has 3 nitrogen and oxygen atoms in total. The molecular formula is C12H15N3S2. The third-order valence-electron chi connectivity index (χ3n) is 2.92. The minimum absolute atomic E-state index is 0.535. The summed E-state index contributed by atoms with van der Waals surface area (Å²) in [6.45, 7) is 1.51. The van der Waals surface area contributed by atoms with Gasteiger partial charge in [0, 0.05) is 24.5 Å². The van der Waals surface area contributed by atoms with Gasteiger partial charge in [-0.25, -0.2) is 4.98 Å². The molecule has 0 spiro atoms. The molecule has 0 saturated heterocycles. The number of anilines is 1. The number of thiazole rings is 1. The van der Waals surface area contributed by atoms with E-state index < -0.39 is 0 Å². The van der Waals surface area contributed by atoms with Crippen molar-refractivity contribution in [3.8, 4) is 0 Å². The number of hydrogen-bond donors (Lipinski definition) is 1. The number of nitrogens with zero attached hydrogens (tertiary/aromatic N) is 2. The minimum Gasteiger partial charge on any atom is -0.341 e. The summed E-state index contributed by atoms with van der Waals surface area (Å²) < 4.78 is 0. The van der Waals surface area contributed by atoms with Gasteiger partial charge in [0.2, 0.25) is 0 Å². The Kier molecular flexibility index (Phi) is 3.13. The number of thiophene rings is 1. The van der Waals surface area contributed by atoms with Crippen LogP contribution >= 0.6 is 22.7 Å². The van der Waals surface area contributed by atoms with Gasteiger partial charge in [0.25, 0.3) is 0 Å². The number of nitrogens with two attached hydrogens (primary N) is 1. The second-order valence-electron chi connectivity index (χ2n) is 4.32. The average molecular weight is 265 g/mol. The average Bonchev–Trinajstić information content (AvgIpc) is 2.88. The van der Waals surface area contributed by atoms with Crippen LogP contribution in [-0.2, 0) is 13.1 Å². The highest BCUT2D eigenvalue weighted by Crippen LogP contribution is 2.34. The van der Waals surface area contributed by atoms with E-state index in [1.165, 1.54) is 18.4 Å². The van der Waals surface area contributed by atoms with Crippen LogP contribution in [0.5, 0.6) is 0 Å². The van der Waals surface area contributed by atoms with Crippen molar-refractivity contribution in [2.24, 2.45) is 5.73 Å². The first-order valence-electron chi connectivity index (χ1n) is 5.79. The molecule has 0 amide bonds. The molecular weight excluding hydrogens is 250 g/mol. The summed E-state index contributed by atoms with van der Waals surface area (Å²) in [4.78, 5) is 7.02. The van der Waals surface area contributed by atoms with E-state index in [0.29, 0.717) is 12.6 Å². The summed E-state index contributed by atoms with van der Waals surface area (Å²) in [5, 5.41) is 7.54. The number of hydrogen-bond acceptors (Lipinski definition) is 5. The molecule has 0 radical (unpaired) electrons. The zero-order chi connectivity index (χ0) is 11.7. The molecule has 2 N–H and O–H groups in total. The van der Waals surface area contributed by atoms with Crippen LogP contribution < -0.4 is 10.6 Å². The van der Waals surface area contributed by atoms with Gasteiger partial charge in [0.05, 0.1) is 5.69 Å². The minimum atomic E-state index is 0.535. The van der Waals surface area contributed by atoms with Crippen molar-refractivity contribution in [3.63, 3.8) is 0 Å². The number of aromatic nitrogens is 1. The van der Waals surface area contributed by atoms with Crippen LogP contribution in [-0.4, -0.2) is 11.0 Å². The molecule has 2 heterocycles. The molecule has 0 atom stereocenters. The van der Waals surface area contributed by atoms with Crippen LogP contribution in [0, 0.1) is 0 Å². The van der Waals surface area contributed by atoms with Gasteiger partial charge in [0.1, 0.15) is 0 Å². The summed E-state index contributed by atoms with van der Waals surface area (Å²) in [5.41, 5.74) is 8.00. The molecule has 3 rings (SSSR count). The smallest absolute Gasteiger partial charge is 0.186 e. The Bertz CT molecular complexity index is 474. The van der Waals surface area contributed by atoms with E-state index in [9.17, 15) is 0 Å². The molecule has 0 aliphatic heterocycles. The van der Waals surface area contributed by atoms with Gasteiger partial charge in [-0.2, -0.15) is 11.3 Å². The fourth-order valence-corrected chi connectivity index (χ4v) is 3.41. The molecule has 0 aromatic carbocycles. The van der Waals surface area contributed by atoms with Crippen LogP contribution in [0.4, 0.5) is 5.13 Å². The SMILES string of the molecule is NCc1csc(N(Cc2ccsc2)C2CC2)n1. The lowest BCUT2D eigenvalue weighted by Crippen LogP contribution is -2.24. The molecule has 0 unspecified atom stereocenters. The molecule has 1 fully saturated rings. The molecule has 90 valence electrons. The highest BCUT2D eigenvalue weighted by Gasteiger charge is 2.30. The summed E-state index contributed by atoms with van der Waals surface area (Å²) in [5.74, 6) is 0. The molecule has 2 aromatic heterocycles. The van der Waals surface area contributed by atoms with Gasteiger partial charge in [-0.1, -0.05) is 0 Å². The molecule has 1 aliphatic rings. The van der Waals surface area contributed by atoms with Crippen molar-refractivity contribution in [2.75, 3.05) is 4.90 Å². The van der Waals surface area contributed by atoms with Crippen molar-refractivity contribution < 1.29 is 0 Å². The van der Waals surface area contributed by atoms with Gasteiger partial charge in [-0.3, -0.25) is 0 Å². The maximum atomic E-state index is 5.62. The summed E-state index contributed by atoms with van der Waals surface area (Å²) in [6.07, 6.45) is 2.59. The highest BCUT2D eigenvalue weighted by molar-refractivity contribution is 7.13. The summed E-state index contributed by atoms with van der Waals surface area (Å²) >= 11 is 3.47. The first-order chi connectivity index (χ1) is 8.36. The molecule has 5 heteroatoms. The third-order valence-corrected chi connectivity index (χ3v) is 4.57. The Labute approximate surface area is 109 Å². The van der Waals surface area contributed by atoms with Gasteiger partial charge in [0.15, 0.2) is 5.13 Å². The largest absolute Gasteiger partial charge is 0.341 e. The monoisotopic (exact) mass is 265 g/mol. The van der Waals surface area contributed by atoms with Crippen molar-refractivity contribution in [1.82, 2.24) is 4.98 Å². The fourth-order valence-electron chi connectivity index (χ4n) is 1.84. The van der Waals surface area contributed by atoms with Crippen molar-refractivity contribution in [2.45, 2.75) is 32.0 Å². The van der Waals surface area contributed by atoms with Crippen LogP contribution in [0.1, 0.15) is 24.1 Å². The van der Waals surface area contributed by atoms with E-state index in [2.05, 4.69) is 32.1 Å². The first kappa shape index (κ1) is 11.2. The Morgan fingerprint density at radius 3 is 2.88 bits per heavy atom. The molecule has 17 heavy (non-hydrogen) atoms. The van der Waals surface area contributed by atoms with Gasteiger partial charge < -0.3 is 10.6 Å². The lowest BCUT2D eigenvalue weighted by atomic mass is 10.3. The van der Waals surface area contributed by atoms with E-state index >= 15 is 0 Å². The summed E-state index contributed by atoms with van der Waals surface area (Å²) in [7, 11) is 0. The normalized spacial score (nSPS) is 15.1. The van der Waals surface area contributed by atoms with E-state index in [0.717, 1.165) is 17.4 Å². The van der Waals surface area contributed by atoms with E-state index in [-0.39, 0.29) is 0 Å². The molecule has 0 bridgehead atoms. The quantitative estimate of drug-likeness (QED) is 0.904. The topological polar surface area (TPSA) is 42.1 Å². The van der Waals surface area contributed by atoms with Crippen molar-refractivity contribution >= 4 is 27.8 Å². The summed E-state index contributed by atoms with van der Waals surface area (Å²) in [6, 6.07) is 2.88. The predicted molar refractivity (Wildman–Crippen MR) is 73.5 cm³/mol.